The maximum atomic E-state index is 12.7. The molecule has 0 spiro atoms. The zero-order chi connectivity index (χ0) is 22.0. The molecule has 1 aliphatic heterocycles. The summed E-state index contributed by atoms with van der Waals surface area (Å²) in [4.78, 5) is 27.1. The van der Waals surface area contributed by atoms with Gasteiger partial charge in [-0.15, -0.1) is 10.2 Å². The fourth-order valence-corrected chi connectivity index (χ4v) is 4.40. The minimum Gasteiger partial charge on any atom is -0.497 e. The highest BCUT2D eigenvalue weighted by Gasteiger charge is 2.34. The van der Waals surface area contributed by atoms with Crippen LogP contribution in [0.25, 0.3) is 0 Å². The van der Waals surface area contributed by atoms with E-state index in [0.29, 0.717) is 35.2 Å². The van der Waals surface area contributed by atoms with Crippen molar-refractivity contribution in [1.82, 2.24) is 10.2 Å². The molecule has 0 bridgehead atoms. The minimum atomic E-state index is -0.355. The van der Waals surface area contributed by atoms with Crippen molar-refractivity contribution in [2.24, 2.45) is 0 Å². The maximum Gasteiger partial charge on any atom is 0.261 e. The van der Waals surface area contributed by atoms with Gasteiger partial charge in [0.15, 0.2) is 0 Å². The topological polar surface area (TPSA) is 93.7 Å². The normalized spacial score (nSPS) is 15.8. The number of nitrogens with one attached hydrogen (secondary N) is 1. The van der Waals surface area contributed by atoms with Gasteiger partial charge < -0.3 is 14.4 Å². The highest BCUT2D eigenvalue weighted by Crippen LogP contribution is 2.35. The van der Waals surface area contributed by atoms with Crippen molar-refractivity contribution < 1.29 is 19.1 Å². The van der Waals surface area contributed by atoms with Crippen molar-refractivity contribution in [2.75, 3.05) is 31.0 Å². The Balaban J connectivity index is 1.47. The molecule has 2 aromatic carbocycles. The molecule has 2 heterocycles. The molecule has 3 aromatic rings. The summed E-state index contributed by atoms with van der Waals surface area (Å²) in [5.41, 5.74) is 2.33. The van der Waals surface area contributed by atoms with E-state index < -0.39 is 0 Å². The average Bonchev–Trinajstić information content (AvgIpc) is 3.40. The van der Waals surface area contributed by atoms with E-state index in [9.17, 15) is 9.59 Å². The summed E-state index contributed by atoms with van der Waals surface area (Å²) in [7, 11) is 3.04. The van der Waals surface area contributed by atoms with Crippen LogP contribution in [0.4, 0.5) is 10.8 Å². The van der Waals surface area contributed by atoms with Gasteiger partial charge in [-0.3, -0.25) is 14.9 Å². The Kier molecular flexibility index (Phi) is 5.85. The summed E-state index contributed by atoms with van der Waals surface area (Å²) >= 11 is 1.28. The second-order valence-electron chi connectivity index (χ2n) is 7.16. The van der Waals surface area contributed by atoms with E-state index in [-0.39, 0.29) is 17.7 Å². The van der Waals surface area contributed by atoms with Gasteiger partial charge in [0.25, 0.3) is 5.91 Å². The predicted molar refractivity (Wildman–Crippen MR) is 118 cm³/mol. The lowest BCUT2D eigenvalue weighted by Gasteiger charge is -2.18. The van der Waals surface area contributed by atoms with Crippen molar-refractivity contribution in [1.29, 1.82) is 0 Å². The first-order valence-corrected chi connectivity index (χ1v) is 10.5. The van der Waals surface area contributed by atoms with Gasteiger partial charge in [0.2, 0.25) is 11.0 Å². The molecule has 0 unspecified atom stereocenters. The molecule has 2 amide bonds. The molecule has 160 valence electrons. The van der Waals surface area contributed by atoms with E-state index in [1.807, 2.05) is 31.2 Å². The number of aryl methyl sites for hydroxylation is 1. The van der Waals surface area contributed by atoms with Crippen LogP contribution in [0.15, 0.2) is 42.5 Å². The molecule has 1 N–H and O–H groups in total. The first-order valence-electron chi connectivity index (χ1n) is 9.73. The summed E-state index contributed by atoms with van der Waals surface area (Å²) in [6.07, 6.45) is 0.364. The third kappa shape index (κ3) is 4.22. The summed E-state index contributed by atoms with van der Waals surface area (Å²) in [5.74, 6) is 0.632. The van der Waals surface area contributed by atoms with Crippen LogP contribution in [-0.2, 0) is 4.79 Å². The Morgan fingerprint density at radius 2 is 1.97 bits per heavy atom. The minimum absolute atomic E-state index is 0.0584. The molecule has 9 heteroatoms. The molecule has 1 saturated heterocycles. The Morgan fingerprint density at radius 1 is 1.16 bits per heavy atom. The van der Waals surface area contributed by atoms with Crippen molar-refractivity contribution in [3.8, 4) is 11.5 Å². The molecule has 1 aromatic heterocycles. The third-order valence-corrected chi connectivity index (χ3v) is 6.20. The van der Waals surface area contributed by atoms with Crippen LogP contribution in [0.1, 0.15) is 33.3 Å². The molecular formula is C22H22N4O4S. The number of aromatic nitrogens is 2. The zero-order valence-corrected chi connectivity index (χ0v) is 18.2. The van der Waals surface area contributed by atoms with Gasteiger partial charge in [-0.1, -0.05) is 29.5 Å². The summed E-state index contributed by atoms with van der Waals surface area (Å²) < 4.78 is 10.5. The standard InChI is InChI=1S/C22H22N4O4S/c1-13-6-4-5-7-17(13)26-12-14(10-19(26)27)21-24-25-22(31-21)23-20(28)16-9-8-15(29-2)11-18(16)30-3/h4-9,11,14H,10,12H2,1-3H3,(H,23,25,28)/t14-/m0/s1. The van der Waals surface area contributed by atoms with Gasteiger partial charge in [0, 0.05) is 30.6 Å². The third-order valence-electron chi connectivity index (χ3n) is 5.19. The molecule has 1 aliphatic rings. The monoisotopic (exact) mass is 438 g/mol. The second-order valence-corrected chi connectivity index (χ2v) is 8.17. The summed E-state index contributed by atoms with van der Waals surface area (Å²) in [6, 6.07) is 12.8. The molecule has 31 heavy (non-hydrogen) atoms. The van der Waals surface area contributed by atoms with Crippen LogP contribution in [0.3, 0.4) is 0 Å². The van der Waals surface area contributed by atoms with E-state index in [1.54, 1.807) is 30.2 Å². The predicted octanol–water partition coefficient (Wildman–Crippen LogP) is 3.64. The zero-order valence-electron chi connectivity index (χ0n) is 17.4. The fourth-order valence-electron chi connectivity index (χ4n) is 3.57. The quantitative estimate of drug-likeness (QED) is 0.632. The lowest BCUT2D eigenvalue weighted by atomic mass is 10.1. The molecule has 1 fully saturated rings. The molecule has 4 rings (SSSR count). The first-order chi connectivity index (χ1) is 15.0. The van der Waals surface area contributed by atoms with Crippen molar-refractivity contribution in [2.45, 2.75) is 19.3 Å². The number of hydrogen-bond donors (Lipinski definition) is 1. The average molecular weight is 439 g/mol. The van der Waals surface area contributed by atoms with Crippen molar-refractivity contribution >= 4 is 34.0 Å². The number of rotatable bonds is 6. The molecule has 0 saturated carbocycles. The molecule has 8 nitrogen and oxygen atoms in total. The smallest absolute Gasteiger partial charge is 0.261 e. The number of carbonyl (C=O) groups is 2. The number of para-hydroxylation sites is 1. The molecule has 0 aliphatic carbocycles. The van der Waals surface area contributed by atoms with Crippen LogP contribution in [0.2, 0.25) is 0 Å². The van der Waals surface area contributed by atoms with Crippen LogP contribution >= 0.6 is 11.3 Å². The number of methoxy groups -OCH3 is 2. The van der Waals surface area contributed by atoms with Gasteiger partial charge in [-0.2, -0.15) is 0 Å². The summed E-state index contributed by atoms with van der Waals surface area (Å²) in [5, 5.41) is 12.2. The van der Waals surface area contributed by atoms with Gasteiger partial charge in [-0.05, 0) is 30.7 Å². The lowest BCUT2D eigenvalue weighted by molar-refractivity contribution is -0.117. The second kappa shape index (κ2) is 8.73. The molecule has 1 atom stereocenters. The van der Waals surface area contributed by atoms with Crippen LogP contribution in [0.5, 0.6) is 11.5 Å². The number of benzene rings is 2. The highest BCUT2D eigenvalue weighted by molar-refractivity contribution is 7.15. The number of nitrogens with zero attached hydrogens (tertiary/aromatic N) is 3. The molecular weight excluding hydrogens is 416 g/mol. The van der Waals surface area contributed by atoms with Gasteiger partial charge in [-0.25, -0.2) is 0 Å². The largest absolute Gasteiger partial charge is 0.497 e. The van der Waals surface area contributed by atoms with E-state index in [4.69, 9.17) is 9.47 Å². The fraction of sp³-hybridized carbons (Fsp3) is 0.273. The van der Waals surface area contributed by atoms with E-state index >= 15 is 0 Å². The lowest BCUT2D eigenvalue weighted by Crippen LogP contribution is -2.25. The Labute approximate surface area is 183 Å². The SMILES string of the molecule is COc1ccc(C(=O)Nc2nnc([C@H]3CC(=O)N(c4ccccc4C)C3)s2)c(OC)c1. The number of ether oxygens (including phenoxy) is 2. The van der Waals surface area contributed by atoms with Crippen molar-refractivity contribution in [3.05, 3.63) is 58.6 Å². The number of anilines is 2. The van der Waals surface area contributed by atoms with E-state index in [1.165, 1.54) is 18.4 Å². The van der Waals surface area contributed by atoms with Crippen LogP contribution in [0, 0.1) is 6.92 Å². The number of amides is 2. The van der Waals surface area contributed by atoms with E-state index in [2.05, 4.69) is 15.5 Å². The summed E-state index contributed by atoms with van der Waals surface area (Å²) in [6.45, 7) is 2.53. The van der Waals surface area contributed by atoms with Crippen LogP contribution < -0.4 is 19.7 Å². The highest BCUT2D eigenvalue weighted by atomic mass is 32.1. The Bertz CT molecular complexity index is 1130. The molecule has 0 radical (unpaired) electrons. The van der Waals surface area contributed by atoms with Gasteiger partial charge in [0.05, 0.1) is 19.8 Å². The van der Waals surface area contributed by atoms with Crippen molar-refractivity contribution in [3.63, 3.8) is 0 Å². The maximum absolute atomic E-state index is 12.7. The van der Waals surface area contributed by atoms with Crippen LogP contribution in [-0.4, -0.2) is 42.8 Å². The first kappa shape index (κ1) is 20.8. The van der Waals surface area contributed by atoms with E-state index in [0.717, 1.165) is 16.3 Å². The Morgan fingerprint density at radius 3 is 2.71 bits per heavy atom. The number of carbonyl (C=O) groups excluding carboxylic acids is 2. The number of hydrogen-bond acceptors (Lipinski definition) is 7. The van der Waals surface area contributed by atoms with Gasteiger partial charge >= 0.3 is 0 Å². The Hall–Kier alpha value is -3.46. The van der Waals surface area contributed by atoms with Gasteiger partial charge in [0.1, 0.15) is 16.5 Å².